The molecule has 2 fully saturated rings. The van der Waals surface area contributed by atoms with Gasteiger partial charge in [-0.3, -0.25) is 4.79 Å². The minimum absolute atomic E-state index is 0.0204. The summed E-state index contributed by atoms with van der Waals surface area (Å²) in [4.78, 5) is 12.6. The number of rotatable bonds is 16. The second-order valence-electron chi connectivity index (χ2n) is 16.1. The molecule has 4 rings (SSSR count). The summed E-state index contributed by atoms with van der Waals surface area (Å²) in [6.07, 6.45) is 9.39. The molecule has 0 spiro atoms. The molecule has 7 nitrogen and oxygen atoms in total. The standard InChI is InChI=1S/C42H64O7Si/c1-30(2)16-15-17-32(43)24-33-23-22-31(3)40(48-33)28-34(45-7)25-35-26-37(27-36(47-35)29-41(44)46-8)49-50(42(4,5)6,38-18-11-9-12-19-38)39-20-13-10-14-21-39/h9-15,17-21,30-37,40,43H,16,22-29H2,1-8H3/b17-15+/t31-,32-,33-,34-,35+,36+,37+,40+/m0/s1. The summed E-state index contributed by atoms with van der Waals surface area (Å²) in [7, 11) is 0.377. The van der Waals surface area contributed by atoms with Crippen LogP contribution in [-0.4, -0.2) is 76.3 Å². The number of aliphatic hydroxyl groups excluding tert-OH is 1. The third-order valence-electron chi connectivity index (χ3n) is 10.6. The zero-order chi connectivity index (χ0) is 36.3. The molecule has 0 unspecified atom stereocenters. The van der Waals surface area contributed by atoms with Crippen molar-refractivity contribution >= 4 is 24.7 Å². The minimum Gasteiger partial charge on any atom is -0.469 e. The summed E-state index contributed by atoms with van der Waals surface area (Å²) in [5, 5.41) is 13.0. The SMILES string of the molecule is COC(=O)C[C@H]1C[C@H](O[Si](c2ccccc2)(c2ccccc2)C(C)(C)C)C[C@@H](C[C@@H](C[C@H]2O[C@H](C[C@@H](O)/C=C/CC(C)C)CC[C@@H]2C)OC)O1. The van der Waals surface area contributed by atoms with Gasteiger partial charge in [0.2, 0.25) is 0 Å². The Hall–Kier alpha value is -2.33. The molecule has 0 aromatic heterocycles. The van der Waals surface area contributed by atoms with Gasteiger partial charge in [-0.25, -0.2) is 0 Å². The first-order valence-electron chi connectivity index (χ1n) is 18.9. The molecule has 0 saturated carbocycles. The number of methoxy groups -OCH3 is 2. The fraction of sp³-hybridized carbons (Fsp3) is 0.643. The Labute approximate surface area is 303 Å². The molecule has 0 bridgehead atoms. The third kappa shape index (κ3) is 11.1. The van der Waals surface area contributed by atoms with Gasteiger partial charge in [-0.15, -0.1) is 0 Å². The summed E-state index contributed by atoms with van der Waals surface area (Å²) < 4.78 is 32.1. The van der Waals surface area contributed by atoms with Crippen molar-refractivity contribution in [3.8, 4) is 0 Å². The number of carbonyl (C=O) groups excluding carboxylic acids is 1. The first-order valence-corrected chi connectivity index (χ1v) is 20.8. The lowest BCUT2D eigenvalue weighted by atomic mass is 9.87. The molecule has 2 aliphatic heterocycles. The van der Waals surface area contributed by atoms with E-state index in [-0.39, 0.29) is 54.1 Å². The summed E-state index contributed by atoms with van der Waals surface area (Å²) in [6.45, 7) is 13.5. The van der Waals surface area contributed by atoms with Crippen LogP contribution in [0.2, 0.25) is 5.04 Å². The van der Waals surface area contributed by atoms with Crippen LogP contribution in [0, 0.1) is 11.8 Å². The molecule has 0 aliphatic carbocycles. The normalized spacial score (nSPS) is 26.2. The van der Waals surface area contributed by atoms with Gasteiger partial charge in [0, 0.05) is 20.0 Å². The van der Waals surface area contributed by atoms with Crippen molar-refractivity contribution in [3.63, 3.8) is 0 Å². The van der Waals surface area contributed by atoms with Crippen LogP contribution in [0.25, 0.3) is 0 Å². The highest BCUT2D eigenvalue weighted by molar-refractivity contribution is 6.99. The van der Waals surface area contributed by atoms with E-state index in [2.05, 4.69) is 108 Å². The molecule has 2 saturated heterocycles. The third-order valence-corrected chi connectivity index (χ3v) is 15.7. The Bertz CT molecular complexity index is 1270. The zero-order valence-electron chi connectivity index (χ0n) is 31.9. The van der Waals surface area contributed by atoms with Gasteiger partial charge < -0.3 is 28.5 Å². The zero-order valence-corrected chi connectivity index (χ0v) is 32.9. The molecule has 50 heavy (non-hydrogen) atoms. The van der Waals surface area contributed by atoms with Gasteiger partial charge in [0.1, 0.15) is 0 Å². The maximum Gasteiger partial charge on any atom is 0.308 e. The lowest BCUT2D eigenvalue weighted by Gasteiger charge is -2.47. The van der Waals surface area contributed by atoms with Crippen LogP contribution in [0.5, 0.6) is 0 Å². The molecule has 2 aromatic carbocycles. The average molecular weight is 709 g/mol. The van der Waals surface area contributed by atoms with Crippen molar-refractivity contribution in [1.29, 1.82) is 0 Å². The highest BCUT2D eigenvalue weighted by Gasteiger charge is 2.52. The van der Waals surface area contributed by atoms with E-state index in [1.165, 1.54) is 17.5 Å². The number of aliphatic hydroxyl groups is 1. The maximum absolute atomic E-state index is 12.6. The quantitative estimate of drug-likeness (QED) is 0.111. The van der Waals surface area contributed by atoms with Crippen molar-refractivity contribution in [2.75, 3.05) is 14.2 Å². The fourth-order valence-corrected chi connectivity index (χ4v) is 12.6. The van der Waals surface area contributed by atoms with E-state index in [9.17, 15) is 9.90 Å². The number of hydrogen-bond donors (Lipinski definition) is 1. The molecule has 278 valence electrons. The van der Waals surface area contributed by atoms with Crippen molar-refractivity contribution < 1.29 is 33.3 Å². The van der Waals surface area contributed by atoms with Gasteiger partial charge in [-0.05, 0) is 65.8 Å². The van der Waals surface area contributed by atoms with E-state index in [0.29, 0.717) is 37.5 Å². The van der Waals surface area contributed by atoms with E-state index in [4.69, 9.17) is 23.4 Å². The lowest BCUT2D eigenvalue weighted by Crippen LogP contribution is -2.68. The Morgan fingerprint density at radius 2 is 1.52 bits per heavy atom. The predicted molar refractivity (Wildman–Crippen MR) is 203 cm³/mol. The van der Waals surface area contributed by atoms with E-state index in [1.807, 2.05) is 6.08 Å². The van der Waals surface area contributed by atoms with Gasteiger partial charge in [0.25, 0.3) is 8.32 Å². The smallest absolute Gasteiger partial charge is 0.308 e. The average Bonchev–Trinajstić information content (AvgIpc) is 3.08. The molecule has 0 amide bonds. The van der Waals surface area contributed by atoms with Crippen LogP contribution in [-0.2, 0) is 28.2 Å². The second-order valence-corrected chi connectivity index (χ2v) is 20.3. The Balaban J connectivity index is 1.53. The maximum atomic E-state index is 12.6. The first kappa shape index (κ1) is 40.4. The van der Waals surface area contributed by atoms with Crippen molar-refractivity contribution in [1.82, 2.24) is 0 Å². The van der Waals surface area contributed by atoms with Crippen LogP contribution in [0.1, 0.15) is 99.3 Å². The molecular weight excluding hydrogens is 645 g/mol. The molecule has 2 aromatic rings. The van der Waals surface area contributed by atoms with Crippen LogP contribution < -0.4 is 10.4 Å². The Morgan fingerprint density at radius 1 is 0.900 bits per heavy atom. The molecule has 2 aliphatic rings. The number of carbonyl (C=O) groups is 1. The number of esters is 1. The van der Waals surface area contributed by atoms with Crippen LogP contribution in [0.15, 0.2) is 72.8 Å². The summed E-state index contributed by atoms with van der Waals surface area (Å²) in [5.41, 5.74) is 0. The van der Waals surface area contributed by atoms with E-state index >= 15 is 0 Å². The number of allylic oxidation sites excluding steroid dienone is 1. The van der Waals surface area contributed by atoms with Gasteiger partial charge in [0.05, 0.1) is 56.3 Å². The van der Waals surface area contributed by atoms with Crippen molar-refractivity contribution in [2.24, 2.45) is 11.8 Å². The van der Waals surface area contributed by atoms with Gasteiger partial charge in [-0.2, -0.15) is 0 Å². The first-order chi connectivity index (χ1) is 23.8. The predicted octanol–water partition coefficient (Wildman–Crippen LogP) is 7.37. The molecule has 0 radical (unpaired) electrons. The fourth-order valence-electron chi connectivity index (χ4n) is 7.90. The molecule has 8 heteroatoms. The van der Waals surface area contributed by atoms with Crippen LogP contribution in [0.3, 0.4) is 0 Å². The topological polar surface area (TPSA) is 83.5 Å². The van der Waals surface area contributed by atoms with Crippen molar-refractivity contribution in [2.45, 2.75) is 147 Å². The van der Waals surface area contributed by atoms with E-state index in [0.717, 1.165) is 25.7 Å². The number of hydrogen-bond acceptors (Lipinski definition) is 7. The number of ether oxygens (including phenoxy) is 4. The van der Waals surface area contributed by atoms with Gasteiger partial charge in [-0.1, -0.05) is 114 Å². The largest absolute Gasteiger partial charge is 0.469 e. The summed E-state index contributed by atoms with van der Waals surface area (Å²) in [5.74, 6) is 0.685. The summed E-state index contributed by atoms with van der Waals surface area (Å²) in [6, 6.07) is 21.4. The summed E-state index contributed by atoms with van der Waals surface area (Å²) >= 11 is 0. The molecule has 8 atom stereocenters. The molecular formula is C42H64O7Si. The van der Waals surface area contributed by atoms with Crippen LogP contribution >= 0.6 is 0 Å². The molecule has 1 N–H and O–H groups in total. The second kappa shape index (κ2) is 18.9. The van der Waals surface area contributed by atoms with E-state index in [1.54, 1.807) is 7.11 Å². The highest BCUT2D eigenvalue weighted by Crippen LogP contribution is 2.40. The monoisotopic (exact) mass is 708 g/mol. The van der Waals surface area contributed by atoms with Crippen LogP contribution in [0.4, 0.5) is 0 Å². The highest BCUT2D eigenvalue weighted by atomic mass is 28.4. The minimum atomic E-state index is -2.82. The van der Waals surface area contributed by atoms with Crippen molar-refractivity contribution in [3.05, 3.63) is 72.8 Å². The Morgan fingerprint density at radius 3 is 2.08 bits per heavy atom. The lowest BCUT2D eigenvalue weighted by molar-refractivity contribution is -0.153. The number of benzene rings is 2. The Kier molecular flexibility index (Phi) is 15.3. The van der Waals surface area contributed by atoms with Gasteiger partial charge >= 0.3 is 5.97 Å². The molecule has 2 heterocycles. The van der Waals surface area contributed by atoms with E-state index < -0.39 is 14.4 Å². The van der Waals surface area contributed by atoms with Gasteiger partial charge in [0.15, 0.2) is 0 Å².